The monoisotopic (exact) mass is 559 g/mol. The third-order valence-corrected chi connectivity index (χ3v) is 8.61. The predicted molar refractivity (Wildman–Crippen MR) is 151 cm³/mol. The number of halogens is 1. The highest BCUT2D eigenvalue weighted by Gasteiger charge is 2.75. The first-order valence-electron chi connectivity index (χ1n) is 13.5. The summed E-state index contributed by atoms with van der Waals surface area (Å²) in [7, 11) is 0. The first kappa shape index (κ1) is 26.5. The van der Waals surface area contributed by atoms with Gasteiger partial charge in [-0.3, -0.25) is 14.4 Å². The molecular formula is C31H30ClN3O5. The second-order valence-corrected chi connectivity index (χ2v) is 11.1. The third-order valence-electron chi connectivity index (χ3n) is 8.36. The summed E-state index contributed by atoms with van der Waals surface area (Å²) in [4.78, 5) is 43.4. The van der Waals surface area contributed by atoms with E-state index >= 15 is 0 Å². The topological polar surface area (TPSA) is 108 Å². The molecule has 3 aliphatic rings. The molecule has 3 aliphatic heterocycles. The number of carbonyl (C=O) groups is 3. The van der Waals surface area contributed by atoms with E-state index in [1.54, 1.807) is 36.4 Å². The van der Waals surface area contributed by atoms with Crippen LogP contribution in [0.2, 0.25) is 5.02 Å². The Kier molecular flexibility index (Phi) is 7.08. The number of carbonyl (C=O) groups excluding carboxylic acids is 3. The number of para-hydroxylation sites is 1. The van der Waals surface area contributed by atoms with E-state index in [-0.39, 0.29) is 18.4 Å². The number of ether oxygens (including phenoxy) is 1. The molecule has 3 fully saturated rings. The molecule has 3 N–H and O–H groups in total. The number of amides is 3. The minimum atomic E-state index is -1.18. The lowest BCUT2D eigenvalue weighted by molar-refractivity contribution is -0.143. The van der Waals surface area contributed by atoms with E-state index in [1.807, 2.05) is 48.5 Å². The Bertz CT molecular complexity index is 1400. The summed E-state index contributed by atoms with van der Waals surface area (Å²) in [6.45, 7) is -0.349. The molecule has 0 radical (unpaired) electrons. The molecule has 0 saturated carbocycles. The van der Waals surface area contributed by atoms with Crippen LogP contribution in [0, 0.1) is 11.8 Å². The number of aliphatic hydroxyl groups is 1. The van der Waals surface area contributed by atoms with Gasteiger partial charge in [-0.1, -0.05) is 60.1 Å². The fourth-order valence-corrected chi connectivity index (χ4v) is 6.84. The maximum atomic E-state index is 14.3. The third kappa shape index (κ3) is 4.56. The smallest absolute Gasteiger partial charge is 0.250 e. The number of rotatable bonds is 8. The van der Waals surface area contributed by atoms with Crippen molar-refractivity contribution in [2.75, 3.05) is 17.2 Å². The fourth-order valence-electron chi connectivity index (χ4n) is 6.71. The van der Waals surface area contributed by atoms with Crippen molar-refractivity contribution in [3.8, 4) is 0 Å². The van der Waals surface area contributed by atoms with E-state index in [0.29, 0.717) is 35.7 Å². The summed E-state index contributed by atoms with van der Waals surface area (Å²) < 4.78 is 6.50. The lowest BCUT2D eigenvalue weighted by Crippen LogP contribution is -2.56. The Hall–Kier alpha value is -3.72. The van der Waals surface area contributed by atoms with E-state index in [9.17, 15) is 19.5 Å². The van der Waals surface area contributed by atoms with E-state index in [0.717, 1.165) is 5.56 Å². The van der Waals surface area contributed by atoms with Crippen molar-refractivity contribution in [1.82, 2.24) is 4.90 Å². The molecule has 3 aromatic carbocycles. The van der Waals surface area contributed by atoms with Crippen molar-refractivity contribution in [2.45, 2.75) is 43.1 Å². The molecular weight excluding hydrogens is 530 g/mol. The van der Waals surface area contributed by atoms with Gasteiger partial charge in [0, 0.05) is 16.4 Å². The van der Waals surface area contributed by atoms with Gasteiger partial charge in [0.15, 0.2) is 0 Å². The molecule has 1 spiro atoms. The molecule has 3 amide bonds. The minimum Gasteiger partial charge on any atom is -0.394 e. The van der Waals surface area contributed by atoms with Crippen LogP contribution in [0.15, 0.2) is 84.9 Å². The van der Waals surface area contributed by atoms with Crippen molar-refractivity contribution in [3.63, 3.8) is 0 Å². The molecule has 206 valence electrons. The number of hydrogen-bond acceptors (Lipinski definition) is 5. The van der Waals surface area contributed by atoms with Crippen LogP contribution in [0.1, 0.15) is 18.4 Å². The second-order valence-electron chi connectivity index (χ2n) is 10.7. The van der Waals surface area contributed by atoms with Gasteiger partial charge in [0.25, 0.3) is 0 Å². The highest BCUT2D eigenvalue weighted by atomic mass is 35.5. The number of benzene rings is 3. The second kappa shape index (κ2) is 10.7. The Labute approximate surface area is 237 Å². The molecule has 40 heavy (non-hydrogen) atoms. The van der Waals surface area contributed by atoms with Crippen LogP contribution in [0.25, 0.3) is 0 Å². The van der Waals surface area contributed by atoms with Crippen LogP contribution in [0.5, 0.6) is 0 Å². The van der Waals surface area contributed by atoms with Gasteiger partial charge in [-0.15, -0.1) is 0 Å². The maximum Gasteiger partial charge on any atom is 0.250 e. The Morgan fingerprint density at radius 1 is 0.950 bits per heavy atom. The number of aliphatic hydroxyl groups excluding tert-OH is 1. The zero-order valence-corrected chi connectivity index (χ0v) is 22.5. The lowest BCUT2D eigenvalue weighted by Gasteiger charge is -2.36. The normalized spacial score (nSPS) is 27.4. The molecule has 8 nitrogen and oxygen atoms in total. The van der Waals surface area contributed by atoms with Crippen molar-refractivity contribution in [3.05, 3.63) is 95.5 Å². The first-order chi connectivity index (χ1) is 19.4. The lowest BCUT2D eigenvalue weighted by atomic mass is 9.70. The minimum absolute atomic E-state index is 0.307. The predicted octanol–water partition coefficient (Wildman–Crippen LogP) is 3.90. The van der Waals surface area contributed by atoms with Crippen molar-refractivity contribution in [1.29, 1.82) is 0 Å². The van der Waals surface area contributed by atoms with Crippen LogP contribution < -0.4 is 10.6 Å². The molecule has 6 atom stereocenters. The van der Waals surface area contributed by atoms with Crippen LogP contribution >= 0.6 is 11.6 Å². The largest absolute Gasteiger partial charge is 0.394 e. The molecule has 3 heterocycles. The summed E-state index contributed by atoms with van der Waals surface area (Å²) in [6.07, 6.45) is 0.882. The van der Waals surface area contributed by atoms with Gasteiger partial charge in [-0.05, 0) is 61.2 Å². The molecule has 0 aliphatic carbocycles. The first-order valence-corrected chi connectivity index (χ1v) is 13.9. The van der Waals surface area contributed by atoms with Gasteiger partial charge in [0.05, 0.1) is 30.6 Å². The summed E-state index contributed by atoms with van der Waals surface area (Å²) in [6, 6.07) is 23.6. The van der Waals surface area contributed by atoms with Gasteiger partial charge < -0.3 is 25.4 Å². The van der Waals surface area contributed by atoms with Gasteiger partial charge in [-0.25, -0.2) is 0 Å². The number of anilines is 2. The molecule has 2 bridgehead atoms. The van der Waals surface area contributed by atoms with Crippen LogP contribution in [-0.4, -0.2) is 58.1 Å². The van der Waals surface area contributed by atoms with Crippen LogP contribution in [-0.2, 0) is 25.5 Å². The summed E-state index contributed by atoms with van der Waals surface area (Å²) in [5.41, 5.74) is 0.891. The van der Waals surface area contributed by atoms with Crippen molar-refractivity contribution >= 4 is 40.7 Å². The molecule has 2 unspecified atom stereocenters. The van der Waals surface area contributed by atoms with E-state index < -0.39 is 41.5 Å². The number of nitrogens with zero attached hydrogens (tertiary/aromatic N) is 1. The molecule has 0 aromatic heterocycles. The number of fused-ring (bicyclic) bond motifs is 1. The zero-order valence-electron chi connectivity index (χ0n) is 21.7. The average Bonchev–Trinajstić information content (AvgIpc) is 3.61. The van der Waals surface area contributed by atoms with Gasteiger partial charge in [-0.2, -0.15) is 0 Å². The average molecular weight is 560 g/mol. The Morgan fingerprint density at radius 2 is 1.57 bits per heavy atom. The molecule has 3 aromatic rings. The highest BCUT2D eigenvalue weighted by molar-refractivity contribution is 6.30. The Balaban J connectivity index is 1.36. The van der Waals surface area contributed by atoms with Crippen LogP contribution in [0.3, 0.4) is 0 Å². The molecule has 3 saturated heterocycles. The zero-order chi connectivity index (χ0) is 27.9. The van der Waals surface area contributed by atoms with Gasteiger partial charge >= 0.3 is 0 Å². The summed E-state index contributed by atoms with van der Waals surface area (Å²) >= 11 is 6.03. The summed E-state index contributed by atoms with van der Waals surface area (Å²) in [5.74, 6) is -2.68. The number of nitrogens with one attached hydrogen (secondary N) is 2. The summed E-state index contributed by atoms with van der Waals surface area (Å²) in [5, 5.41) is 16.9. The van der Waals surface area contributed by atoms with Crippen molar-refractivity contribution in [2.24, 2.45) is 11.8 Å². The number of hydrogen-bond donors (Lipinski definition) is 3. The van der Waals surface area contributed by atoms with E-state index in [2.05, 4.69) is 10.6 Å². The van der Waals surface area contributed by atoms with Crippen LogP contribution in [0.4, 0.5) is 11.4 Å². The molecule has 9 heteroatoms. The van der Waals surface area contributed by atoms with Gasteiger partial charge in [0.2, 0.25) is 17.7 Å². The maximum absolute atomic E-state index is 14.3. The van der Waals surface area contributed by atoms with Crippen molar-refractivity contribution < 1.29 is 24.2 Å². The van der Waals surface area contributed by atoms with Gasteiger partial charge in [0.1, 0.15) is 11.6 Å². The Morgan fingerprint density at radius 3 is 2.25 bits per heavy atom. The SMILES string of the molecule is O=C(Nc1ccc(Cl)cc1)C1N([C@@H](CO)Cc2ccccc2)C(=O)[C@@H]2[C@@H](C(=O)Nc3ccccc3)[C@H]3CCC12O3. The number of likely N-dealkylation sites (tertiary alicyclic amines) is 1. The van der Waals surface area contributed by atoms with E-state index in [1.165, 1.54) is 4.90 Å². The quantitative estimate of drug-likeness (QED) is 0.388. The van der Waals surface area contributed by atoms with E-state index in [4.69, 9.17) is 16.3 Å². The molecule has 6 rings (SSSR count). The highest BCUT2D eigenvalue weighted by Crippen LogP contribution is 2.59. The standard InChI is InChI=1S/C31H30ClN3O5/c32-20-11-13-22(14-12-20)34-29(38)27-31-16-15-24(40-31)25(28(37)33-21-9-5-2-6-10-21)26(31)30(39)35(27)23(18-36)17-19-7-3-1-4-8-19/h1-14,23-27,36H,15-18H2,(H,33,37)(H,34,38)/t23-,24-,25+,26+,27?,31?/m1/s1. The fraction of sp³-hybridized carbons (Fsp3) is 0.323.